The zero-order valence-corrected chi connectivity index (χ0v) is 23.5. The third-order valence-electron chi connectivity index (χ3n) is 8.70. The molecule has 1 amide bonds. The summed E-state index contributed by atoms with van der Waals surface area (Å²) in [7, 11) is 1.91. The fourth-order valence-corrected chi connectivity index (χ4v) is 6.75. The Morgan fingerprint density at radius 2 is 1.90 bits per heavy atom. The molecule has 2 fully saturated rings. The van der Waals surface area contributed by atoms with Crippen molar-refractivity contribution in [3.05, 3.63) is 72.8 Å². The van der Waals surface area contributed by atoms with E-state index in [4.69, 9.17) is 10.5 Å². The zero-order chi connectivity index (χ0) is 28.7. The second kappa shape index (κ2) is 10.7. The van der Waals surface area contributed by atoms with E-state index in [1.54, 1.807) is 6.07 Å². The molecule has 2 aliphatic rings. The average Bonchev–Trinajstić information content (AvgIpc) is 3.59. The Kier molecular flexibility index (Phi) is 7.09. The highest BCUT2D eigenvalue weighted by Gasteiger charge is 2.49. The number of aryl methyl sites for hydroxylation is 1. The molecule has 8 nitrogen and oxygen atoms in total. The summed E-state index contributed by atoms with van der Waals surface area (Å²) in [6.45, 7) is 7.48. The molecule has 0 bridgehead atoms. The average molecular weight is 555 g/mol. The number of halogens is 1. The number of rotatable bonds is 8. The molecule has 3 N–H and O–H groups in total. The van der Waals surface area contributed by atoms with E-state index in [2.05, 4.69) is 33.7 Å². The van der Waals surface area contributed by atoms with Crippen LogP contribution in [0.25, 0.3) is 33.4 Å². The van der Waals surface area contributed by atoms with Gasteiger partial charge in [-0.25, -0.2) is 14.4 Å². The van der Waals surface area contributed by atoms with Crippen LogP contribution in [0, 0.1) is 5.82 Å². The molecule has 1 saturated heterocycles. The quantitative estimate of drug-likeness (QED) is 0.274. The van der Waals surface area contributed by atoms with Crippen LogP contribution in [-0.4, -0.2) is 51.1 Å². The predicted molar refractivity (Wildman–Crippen MR) is 160 cm³/mol. The van der Waals surface area contributed by atoms with E-state index in [1.165, 1.54) is 25.2 Å². The molecule has 2 aromatic heterocycles. The lowest BCUT2D eigenvalue weighted by atomic mass is 9.83. The number of fused-ring (bicyclic) bond motifs is 1. The van der Waals surface area contributed by atoms with Gasteiger partial charge in [0.15, 0.2) is 0 Å². The van der Waals surface area contributed by atoms with Crippen molar-refractivity contribution >= 4 is 28.4 Å². The number of anilines is 2. The van der Waals surface area contributed by atoms with Gasteiger partial charge in [-0.05, 0) is 54.8 Å². The van der Waals surface area contributed by atoms with Crippen LogP contribution in [0.2, 0.25) is 0 Å². The molecule has 0 spiro atoms. The molecule has 3 heterocycles. The number of hydrogen-bond acceptors (Lipinski definition) is 6. The van der Waals surface area contributed by atoms with Crippen molar-refractivity contribution in [2.45, 2.75) is 44.2 Å². The Bertz CT molecular complexity index is 1620. The van der Waals surface area contributed by atoms with Gasteiger partial charge in [0.2, 0.25) is 5.91 Å². The molecule has 41 heavy (non-hydrogen) atoms. The molecule has 1 aliphatic heterocycles. The van der Waals surface area contributed by atoms with Crippen LogP contribution in [0.3, 0.4) is 0 Å². The third-order valence-corrected chi connectivity index (χ3v) is 8.70. The lowest BCUT2D eigenvalue weighted by Gasteiger charge is -2.52. The molecule has 1 saturated carbocycles. The summed E-state index contributed by atoms with van der Waals surface area (Å²) in [4.78, 5) is 23.0. The second-order valence-electron chi connectivity index (χ2n) is 11.0. The highest BCUT2D eigenvalue weighted by atomic mass is 19.1. The standard InChI is InChI=1S/C32H35FN6O2/c1-4-26(40)37-22-13-10-20(11-14-22)29-27(28-30(34)35-19-36-31(28)38(29)3)21-12-15-24(25(33)16-21)32(17-41-18-32)39(5-2)23-8-6-7-9-23/h4,10-16,19,23H,1,5-9,17-18H2,2-3H3,(H,37,40)(H2,34,35,36). The normalized spacial score (nSPS) is 16.7. The van der Waals surface area contributed by atoms with E-state index in [9.17, 15) is 4.79 Å². The van der Waals surface area contributed by atoms with E-state index in [1.807, 2.05) is 48.0 Å². The Labute approximate surface area is 239 Å². The van der Waals surface area contributed by atoms with E-state index in [-0.39, 0.29) is 11.7 Å². The van der Waals surface area contributed by atoms with Gasteiger partial charge >= 0.3 is 0 Å². The van der Waals surface area contributed by atoms with Crippen molar-refractivity contribution < 1.29 is 13.9 Å². The van der Waals surface area contributed by atoms with Gasteiger partial charge in [0.25, 0.3) is 0 Å². The predicted octanol–water partition coefficient (Wildman–Crippen LogP) is 5.64. The summed E-state index contributed by atoms with van der Waals surface area (Å²) in [5, 5.41) is 3.44. The SMILES string of the molecule is C=CC(=O)Nc1ccc(-c2c(-c3ccc(C4(N(CC)C5CCCC5)COC4)c(F)c3)c3c(N)ncnc3n2C)cc1. The number of ether oxygens (including phenoxy) is 1. The van der Waals surface area contributed by atoms with Crippen molar-refractivity contribution in [1.82, 2.24) is 19.4 Å². The number of aromatic nitrogens is 3. The smallest absolute Gasteiger partial charge is 0.247 e. The van der Waals surface area contributed by atoms with Gasteiger partial charge in [-0.15, -0.1) is 0 Å². The highest BCUT2D eigenvalue weighted by Crippen LogP contribution is 2.45. The van der Waals surface area contributed by atoms with E-state index < -0.39 is 5.54 Å². The van der Waals surface area contributed by atoms with Crippen LogP contribution in [0.4, 0.5) is 15.9 Å². The van der Waals surface area contributed by atoms with Gasteiger partial charge in [-0.1, -0.05) is 50.6 Å². The number of carbonyl (C=O) groups excluding carboxylic acids is 1. The minimum absolute atomic E-state index is 0.261. The Morgan fingerprint density at radius 1 is 1.20 bits per heavy atom. The topological polar surface area (TPSA) is 98.3 Å². The second-order valence-corrected chi connectivity index (χ2v) is 11.0. The Balaban J connectivity index is 1.47. The van der Waals surface area contributed by atoms with Gasteiger partial charge in [-0.2, -0.15) is 0 Å². The number of benzene rings is 2. The third kappa shape index (κ3) is 4.49. The van der Waals surface area contributed by atoms with Gasteiger partial charge < -0.3 is 20.4 Å². The minimum atomic E-state index is -0.457. The molecule has 212 valence electrons. The number of nitrogens with zero attached hydrogens (tertiary/aromatic N) is 4. The van der Waals surface area contributed by atoms with Crippen LogP contribution in [0.1, 0.15) is 38.2 Å². The minimum Gasteiger partial charge on any atom is -0.383 e. The maximum absolute atomic E-state index is 16.3. The Morgan fingerprint density at radius 3 is 2.51 bits per heavy atom. The van der Waals surface area contributed by atoms with Crippen LogP contribution >= 0.6 is 0 Å². The largest absolute Gasteiger partial charge is 0.383 e. The molecule has 9 heteroatoms. The number of amides is 1. The number of hydrogen-bond donors (Lipinski definition) is 2. The van der Waals surface area contributed by atoms with Crippen LogP contribution in [-0.2, 0) is 22.1 Å². The van der Waals surface area contributed by atoms with Crippen molar-refractivity contribution in [2.75, 3.05) is 30.8 Å². The zero-order valence-electron chi connectivity index (χ0n) is 23.5. The highest BCUT2D eigenvalue weighted by molar-refractivity contribution is 6.08. The van der Waals surface area contributed by atoms with E-state index in [0.717, 1.165) is 36.2 Å². The van der Waals surface area contributed by atoms with E-state index in [0.29, 0.717) is 52.9 Å². The maximum atomic E-state index is 16.3. The first-order chi connectivity index (χ1) is 19.9. The molecular formula is C32H35FN6O2. The first-order valence-electron chi connectivity index (χ1n) is 14.2. The van der Waals surface area contributed by atoms with Crippen molar-refractivity contribution in [2.24, 2.45) is 7.05 Å². The fraction of sp³-hybridized carbons (Fsp3) is 0.344. The van der Waals surface area contributed by atoms with Crippen molar-refractivity contribution in [3.63, 3.8) is 0 Å². The number of nitrogens with two attached hydrogens (primary N) is 1. The first kappa shape index (κ1) is 27.1. The van der Waals surface area contributed by atoms with E-state index >= 15 is 4.39 Å². The number of nitrogen functional groups attached to an aromatic ring is 1. The van der Waals surface area contributed by atoms with Crippen LogP contribution in [0.15, 0.2) is 61.4 Å². The summed E-state index contributed by atoms with van der Waals surface area (Å²) >= 11 is 0. The summed E-state index contributed by atoms with van der Waals surface area (Å²) in [6, 6.07) is 13.4. The van der Waals surface area contributed by atoms with Crippen molar-refractivity contribution in [1.29, 1.82) is 0 Å². The van der Waals surface area contributed by atoms with Crippen LogP contribution < -0.4 is 11.1 Å². The van der Waals surface area contributed by atoms with Crippen molar-refractivity contribution in [3.8, 4) is 22.4 Å². The molecule has 2 aromatic carbocycles. The van der Waals surface area contributed by atoms with Gasteiger partial charge in [-0.3, -0.25) is 9.69 Å². The summed E-state index contributed by atoms with van der Waals surface area (Å²) in [6.07, 6.45) is 7.38. The molecule has 1 aliphatic carbocycles. The molecule has 6 rings (SSSR count). The van der Waals surface area contributed by atoms with Crippen LogP contribution in [0.5, 0.6) is 0 Å². The molecule has 0 radical (unpaired) electrons. The lowest BCUT2D eigenvalue weighted by molar-refractivity contribution is -0.159. The molecule has 0 atom stereocenters. The molecular weight excluding hydrogens is 519 g/mol. The molecule has 4 aromatic rings. The lowest BCUT2D eigenvalue weighted by Crippen LogP contribution is -2.62. The maximum Gasteiger partial charge on any atom is 0.247 e. The molecule has 0 unspecified atom stereocenters. The number of likely N-dealkylation sites (N-methyl/N-ethyl adjacent to an activating group) is 1. The van der Waals surface area contributed by atoms with Gasteiger partial charge in [0, 0.05) is 29.9 Å². The number of nitrogens with one attached hydrogen (secondary N) is 1. The summed E-state index contributed by atoms with van der Waals surface area (Å²) in [5.74, 6) is -0.220. The first-order valence-corrected chi connectivity index (χ1v) is 14.2. The summed E-state index contributed by atoms with van der Waals surface area (Å²) in [5.41, 5.74) is 11.1. The monoisotopic (exact) mass is 554 g/mol. The summed E-state index contributed by atoms with van der Waals surface area (Å²) < 4.78 is 24.0. The fourth-order valence-electron chi connectivity index (χ4n) is 6.75. The van der Waals surface area contributed by atoms with Gasteiger partial charge in [0.05, 0.1) is 29.8 Å². The number of carbonyl (C=O) groups is 1. The Hall–Kier alpha value is -4.08. The van der Waals surface area contributed by atoms with Gasteiger partial charge in [0.1, 0.15) is 23.6 Å².